The van der Waals surface area contributed by atoms with Crippen molar-refractivity contribution in [2.75, 3.05) is 4.72 Å². The van der Waals surface area contributed by atoms with E-state index in [1.165, 1.54) is 12.1 Å². The fraction of sp³-hybridized carbons (Fsp3) is 0. The third-order valence-corrected chi connectivity index (χ3v) is 8.34. The Labute approximate surface area is 193 Å². The highest BCUT2D eigenvalue weighted by Gasteiger charge is 2.22. The van der Waals surface area contributed by atoms with Gasteiger partial charge in [0.25, 0.3) is 10.0 Å². The monoisotopic (exact) mass is 481 g/mol. The summed E-state index contributed by atoms with van der Waals surface area (Å²) in [5.41, 5.74) is 1.02. The van der Waals surface area contributed by atoms with E-state index in [2.05, 4.69) is 4.72 Å². The molecule has 0 aliphatic carbocycles. The predicted octanol–water partition coefficient (Wildman–Crippen LogP) is 6.59. The third kappa shape index (κ3) is 3.44. The van der Waals surface area contributed by atoms with Gasteiger partial charge in [0.2, 0.25) is 0 Å². The lowest BCUT2D eigenvalue weighted by Gasteiger charge is -2.17. The Morgan fingerprint density at radius 2 is 1.50 bits per heavy atom. The largest absolute Gasteiger partial charge is 0.507 e. The molecule has 0 spiro atoms. The molecule has 0 fully saturated rings. The van der Waals surface area contributed by atoms with Crippen LogP contribution in [-0.4, -0.2) is 18.6 Å². The molecule has 160 valence electrons. The second-order valence-corrected chi connectivity index (χ2v) is 10.8. The van der Waals surface area contributed by atoms with Crippen LogP contribution in [0.3, 0.4) is 0 Å². The van der Waals surface area contributed by atoms with Crippen LogP contribution in [0.1, 0.15) is 0 Å². The van der Waals surface area contributed by atoms with Crippen molar-refractivity contribution in [3.8, 4) is 22.6 Å². The molecule has 0 saturated carbocycles. The van der Waals surface area contributed by atoms with E-state index in [0.717, 1.165) is 22.1 Å². The minimum atomic E-state index is -3.91. The molecule has 3 N–H and O–H groups in total. The van der Waals surface area contributed by atoms with E-state index in [1.54, 1.807) is 42.5 Å². The van der Waals surface area contributed by atoms with Crippen molar-refractivity contribution in [1.82, 2.24) is 0 Å². The van der Waals surface area contributed by atoms with Crippen LogP contribution >= 0.6 is 22.9 Å². The fourth-order valence-corrected chi connectivity index (χ4v) is 6.37. The molecular formula is C24H16ClNO4S2. The van der Waals surface area contributed by atoms with Gasteiger partial charge < -0.3 is 10.2 Å². The number of benzene rings is 4. The first kappa shape index (κ1) is 20.6. The highest BCUT2D eigenvalue weighted by Crippen LogP contribution is 2.46. The number of rotatable bonds is 4. The number of phenolic OH excluding ortho intramolecular Hbond substituents is 2. The van der Waals surface area contributed by atoms with Gasteiger partial charge in [-0.2, -0.15) is 0 Å². The van der Waals surface area contributed by atoms with Gasteiger partial charge in [0, 0.05) is 21.9 Å². The van der Waals surface area contributed by atoms with Gasteiger partial charge in [-0.3, -0.25) is 4.72 Å². The maximum Gasteiger partial charge on any atom is 0.271 e. The number of sulfonamides is 1. The minimum absolute atomic E-state index is 0.0203. The standard InChI is InChI=1S/C24H16ClNO4S2/c25-21-11-12-22(31-21)32(29,30)26-19-13-18(24(28)17-8-4-3-7-16(17)19)23-15-6-2-1-5-14(15)9-10-20(23)27/h1-13,26-28H. The summed E-state index contributed by atoms with van der Waals surface area (Å²) in [6, 6.07) is 22.3. The molecule has 1 aromatic heterocycles. The van der Waals surface area contributed by atoms with Crippen LogP contribution in [0.4, 0.5) is 5.69 Å². The molecule has 0 atom stereocenters. The molecule has 5 nitrogen and oxygen atoms in total. The number of anilines is 1. The topological polar surface area (TPSA) is 86.6 Å². The third-order valence-electron chi connectivity index (χ3n) is 5.25. The molecule has 0 bridgehead atoms. The maximum absolute atomic E-state index is 13.0. The summed E-state index contributed by atoms with van der Waals surface area (Å²) in [5.74, 6) is -0.0671. The highest BCUT2D eigenvalue weighted by atomic mass is 35.5. The van der Waals surface area contributed by atoms with Crippen molar-refractivity contribution in [1.29, 1.82) is 0 Å². The lowest BCUT2D eigenvalue weighted by molar-refractivity contribution is 0.472. The lowest BCUT2D eigenvalue weighted by atomic mass is 9.93. The Morgan fingerprint density at radius 1 is 0.812 bits per heavy atom. The van der Waals surface area contributed by atoms with Crippen molar-refractivity contribution < 1.29 is 18.6 Å². The first-order valence-corrected chi connectivity index (χ1v) is 12.3. The van der Waals surface area contributed by atoms with E-state index in [4.69, 9.17) is 11.6 Å². The zero-order chi connectivity index (χ0) is 22.5. The lowest BCUT2D eigenvalue weighted by Crippen LogP contribution is -2.12. The molecule has 5 aromatic rings. The number of nitrogens with one attached hydrogen (secondary N) is 1. The van der Waals surface area contributed by atoms with E-state index in [-0.39, 0.29) is 21.4 Å². The molecule has 0 aliphatic heterocycles. The molecule has 5 rings (SSSR count). The van der Waals surface area contributed by atoms with Crippen LogP contribution in [0.15, 0.2) is 83.1 Å². The minimum Gasteiger partial charge on any atom is -0.507 e. The molecule has 1 heterocycles. The average Bonchev–Trinajstić information content (AvgIpc) is 3.23. The maximum atomic E-state index is 13.0. The summed E-state index contributed by atoms with van der Waals surface area (Å²) >= 11 is 6.88. The van der Waals surface area contributed by atoms with Crippen molar-refractivity contribution >= 4 is 60.2 Å². The molecule has 0 saturated heterocycles. The number of hydrogen-bond donors (Lipinski definition) is 3. The Bertz CT molecular complexity index is 1610. The van der Waals surface area contributed by atoms with Crippen molar-refractivity contribution in [2.24, 2.45) is 0 Å². The predicted molar refractivity (Wildman–Crippen MR) is 130 cm³/mol. The summed E-state index contributed by atoms with van der Waals surface area (Å²) < 4.78 is 29.1. The van der Waals surface area contributed by atoms with Crippen molar-refractivity contribution in [3.05, 3.63) is 83.2 Å². The van der Waals surface area contributed by atoms with Crippen LogP contribution < -0.4 is 4.72 Å². The molecule has 0 unspecified atom stereocenters. The van der Waals surface area contributed by atoms with Gasteiger partial charge in [-0.15, -0.1) is 11.3 Å². The molecular weight excluding hydrogens is 466 g/mol. The van der Waals surface area contributed by atoms with E-state index < -0.39 is 10.0 Å². The van der Waals surface area contributed by atoms with Gasteiger partial charge in [0.15, 0.2) is 0 Å². The molecule has 8 heteroatoms. The molecule has 0 aliphatic rings. The number of fused-ring (bicyclic) bond motifs is 2. The van der Waals surface area contributed by atoms with Crippen LogP contribution in [0, 0.1) is 0 Å². The molecule has 4 aromatic carbocycles. The average molecular weight is 482 g/mol. The second kappa shape index (κ2) is 7.70. The van der Waals surface area contributed by atoms with Gasteiger partial charge in [-0.05, 0) is 35.0 Å². The highest BCUT2D eigenvalue weighted by molar-refractivity contribution is 7.94. The smallest absolute Gasteiger partial charge is 0.271 e. The van der Waals surface area contributed by atoms with Gasteiger partial charge >= 0.3 is 0 Å². The zero-order valence-electron chi connectivity index (χ0n) is 16.4. The normalized spacial score (nSPS) is 11.8. The van der Waals surface area contributed by atoms with Gasteiger partial charge in [0.05, 0.1) is 10.0 Å². The van der Waals surface area contributed by atoms with E-state index in [9.17, 15) is 18.6 Å². The Balaban J connectivity index is 1.79. The van der Waals surface area contributed by atoms with E-state index in [0.29, 0.717) is 26.2 Å². The van der Waals surface area contributed by atoms with Gasteiger partial charge in [0.1, 0.15) is 15.7 Å². The number of phenols is 2. The van der Waals surface area contributed by atoms with Crippen molar-refractivity contribution in [2.45, 2.75) is 4.21 Å². The number of aromatic hydroxyl groups is 2. The van der Waals surface area contributed by atoms with Crippen LogP contribution in [0.2, 0.25) is 4.34 Å². The quantitative estimate of drug-likeness (QED) is 0.253. The van der Waals surface area contributed by atoms with Crippen LogP contribution in [0.25, 0.3) is 32.7 Å². The molecule has 32 heavy (non-hydrogen) atoms. The fourth-order valence-electron chi connectivity index (χ4n) is 3.82. The SMILES string of the molecule is O=S(=O)(Nc1cc(-c2c(O)ccc3ccccc23)c(O)c2ccccc12)c1ccc(Cl)s1. The number of halogens is 1. The second-order valence-electron chi connectivity index (χ2n) is 7.21. The summed E-state index contributed by atoms with van der Waals surface area (Å²) in [6.07, 6.45) is 0. The summed E-state index contributed by atoms with van der Waals surface area (Å²) in [7, 11) is -3.91. The number of hydrogen-bond acceptors (Lipinski definition) is 5. The number of thiophene rings is 1. The van der Waals surface area contributed by atoms with Gasteiger partial charge in [-0.25, -0.2) is 8.42 Å². The Kier molecular flexibility index (Phi) is 4.97. The first-order chi connectivity index (χ1) is 15.3. The van der Waals surface area contributed by atoms with Crippen LogP contribution in [0.5, 0.6) is 11.5 Å². The van der Waals surface area contributed by atoms with Crippen molar-refractivity contribution in [3.63, 3.8) is 0 Å². The summed E-state index contributed by atoms with van der Waals surface area (Å²) in [6.45, 7) is 0. The summed E-state index contributed by atoms with van der Waals surface area (Å²) in [4.78, 5) is 0. The molecule has 0 amide bonds. The molecule has 0 radical (unpaired) electrons. The van der Waals surface area contributed by atoms with Gasteiger partial charge in [-0.1, -0.05) is 66.2 Å². The zero-order valence-corrected chi connectivity index (χ0v) is 18.8. The Morgan fingerprint density at radius 3 is 2.22 bits per heavy atom. The summed E-state index contributed by atoms with van der Waals surface area (Å²) in [5, 5.41) is 24.4. The van der Waals surface area contributed by atoms with Crippen LogP contribution in [-0.2, 0) is 10.0 Å². The Hall–Kier alpha value is -3.26. The van der Waals surface area contributed by atoms with E-state index >= 15 is 0 Å². The first-order valence-electron chi connectivity index (χ1n) is 9.59. The van der Waals surface area contributed by atoms with E-state index in [1.807, 2.05) is 24.3 Å².